The first-order chi connectivity index (χ1) is 15.7. The minimum atomic E-state index is -3.12. The number of hydrogen-bond acceptors (Lipinski definition) is 7. The van der Waals surface area contributed by atoms with E-state index in [0.29, 0.717) is 47.5 Å². The fourth-order valence-corrected chi connectivity index (χ4v) is 5.40. The van der Waals surface area contributed by atoms with Gasteiger partial charge in [-0.15, -0.1) is 0 Å². The average Bonchev–Trinajstić information content (AvgIpc) is 3.24. The van der Waals surface area contributed by atoms with Crippen LogP contribution in [0.4, 0.5) is 5.69 Å². The molecule has 0 saturated carbocycles. The number of carbonyl (C=O) groups excluding carboxylic acids is 3. The number of benzene rings is 1. The van der Waals surface area contributed by atoms with Gasteiger partial charge in [0.2, 0.25) is 10.0 Å². The number of carbonyl (C=O) groups is 3. The van der Waals surface area contributed by atoms with E-state index in [4.69, 9.17) is 4.74 Å². The van der Waals surface area contributed by atoms with E-state index in [-0.39, 0.29) is 24.4 Å². The molecular formula is C23H29N3O6S. The topological polar surface area (TPSA) is 104 Å². The number of esters is 1. The summed E-state index contributed by atoms with van der Waals surface area (Å²) >= 11 is 0. The molecule has 1 aromatic rings. The molecule has 2 amide bonds. The minimum absolute atomic E-state index is 0.154. The molecule has 3 heterocycles. The van der Waals surface area contributed by atoms with Crippen LogP contribution in [-0.4, -0.2) is 74.4 Å². The summed E-state index contributed by atoms with van der Waals surface area (Å²) in [5.41, 5.74) is 2.64. The number of ether oxygens (including phenoxy) is 1. The first kappa shape index (κ1) is 23.6. The maximum absolute atomic E-state index is 13.0. The molecule has 9 nitrogen and oxygen atoms in total. The first-order valence-corrected chi connectivity index (χ1v) is 13.1. The van der Waals surface area contributed by atoms with E-state index >= 15 is 0 Å². The van der Waals surface area contributed by atoms with Crippen LogP contribution in [0, 0.1) is 0 Å². The molecule has 4 rings (SSSR count). The Balaban J connectivity index is 1.26. The van der Waals surface area contributed by atoms with Crippen molar-refractivity contribution in [1.82, 2.24) is 9.21 Å². The molecule has 3 aliphatic heterocycles. The molecule has 1 saturated heterocycles. The van der Waals surface area contributed by atoms with Crippen molar-refractivity contribution in [2.45, 2.75) is 39.2 Å². The van der Waals surface area contributed by atoms with Crippen LogP contribution in [0.25, 0.3) is 0 Å². The number of amides is 2. The molecular weight excluding hydrogens is 446 g/mol. The Morgan fingerprint density at radius 2 is 1.70 bits per heavy atom. The van der Waals surface area contributed by atoms with Crippen LogP contribution >= 0.6 is 0 Å². The van der Waals surface area contributed by atoms with Gasteiger partial charge in [-0.25, -0.2) is 18.1 Å². The molecule has 178 valence electrons. The SMILES string of the molecule is CC1=C(CCCCCN2CCN(S(C)(=O)=O)CC2)C(=O)N(c2ccc3c(c2)COC3=O)C1=O. The van der Waals surface area contributed by atoms with Crippen molar-refractivity contribution in [1.29, 1.82) is 0 Å². The van der Waals surface area contributed by atoms with Crippen LogP contribution in [0.5, 0.6) is 0 Å². The van der Waals surface area contributed by atoms with Crippen LogP contribution in [0.2, 0.25) is 0 Å². The number of imide groups is 1. The van der Waals surface area contributed by atoms with E-state index in [1.54, 1.807) is 25.1 Å². The monoisotopic (exact) mass is 475 g/mol. The zero-order valence-corrected chi connectivity index (χ0v) is 19.8. The Morgan fingerprint density at radius 1 is 0.970 bits per heavy atom. The fraction of sp³-hybridized carbons (Fsp3) is 0.522. The third-order valence-corrected chi connectivity index (χ3v) is 7.87. The van der Waals surface area contributed by atoms with Gasteiger partial charge in [-0.05, 0) is 50.9 Å². The minimum Gasteiger partial charge on any atom is -0.457 e. The summed E-state index contributed by atoms with van der Waals surface area (Å²) in [4.78, 5) is 40.9. The van der Waals surface area contributed by atoms with Crippen molar-refractivity contribution < 1.29 is 27.5 Å². The van der Waals surface area contributed by atoms with Crippen LogP contribution < -0.4 is 4.90 Å². The van der Waals surface area contributed by atoms with Gasteiger partial charge in [-0.3, -0.25) is 9.59 Å². The second kappa shape index (κ2) is 9.36. The Labute approximate surface area is 194 Å². The predicted molar refractivity (Wildman–Crippen MR) is 122 cm³/mol. The van der Waals surface area contributed by atoms with Crippen LogP contribution in [-0.2, 0) is 31.0 Å². The lowest BCUT2D eigenvalue weighted by atomic mass is 10.0. The molecule has 0 unspecified atom stereocenters. The standard InChI is InChI=1S/C23H29N3O6S/c1-16-19(6-4-3-5-9-24-10-12-25(13-11-24)33(2,30)31)22(28)26(21(16)27)18-7-8-20-17(14-18)15-32-23(20)29/h7-8,14H,3-6,9-13,15H2,1-2H3. The maximum Gasteiger partial charge on any atom is 0.338 e. The lowest BCUT2D eigenvalue weighted by Gasteiger charge is -2.33. The number of anilines is 1. The summed E-state index contributed by atoms with van der Waals surface area (Å²) in [5, 5.41) is 0. The molecule has 3 aliphatic rings. The van der Waals surface area contributed by atoms with Crippen molar-refractivity contribution in [3.05, 3.63) is 40.5 Å². The van der Waals surface area contributed by atoms with Gasteiger partial charge in [0.15, 0.2) is 0 Å². The Morgan fingerprint density at radius 3 is 2.39 bits per heavy atom. The third-order valence-electron chi connectivity index (χ3n) is 6.56. The smallest absolute Gasteiger partial charge is 0.338 e. The first-order valence-electron chi connectivity index (χ1n) is 11.2. The molecule has 33 heavy (non-hydrogen) atoms. The van der Waals surface area contributed by atoms with Crippen molar-refractivity contribution in [2.24, 2.45) is 0 Å². The summed E-state index contributed by atoms with van der Waals surface area (Å²) in [6, 6.07) is 4.89. The van der Waals surface area contributed by atoms with Gasteiger partial charge >= 0.3 is 5.97 Å². The number of rotatable bonds is 8. The summed E-state index contributed by atoms with van der Waals surface area (Å²) < 4.78 is 29.7. The van der Waals surface area contributed by atoms with E-state index in [0.717, 1.165) is 38.9 Å². The van der Waals surface area contributed by atoms with Crippen molar-refractivity contribution in [3.8, 4) is 0 Å². The maximum atomic E-state index is 13.0. The molecule has 0 aromatic heterocycles. The highest BCUT2D eigenvalue weighted by Crippen LogP contribution is 2.32. The van der Waals surface area contributed by atoms with Crippen LogP contribution in [0.3, 0.4) is 0 Å². The van der Waals surface area contributed by atoms with Crippen LogP contribution in [0.1, 0.15) is 48.5 Å². The Kier molecular flexibility index (Phi) is 6.69. The zero-order chi connectivity index (χ0) is 23.8. The van der Waals surface area contributed by atoms with Gasteiger partial charge in [0.25, 0.3) is 11.8 Å². The zero-order valence-electron chi connectivity index (χ0n) is 19.0. The second-order valence-corrected chi connectivity index (χ2v) is 10.8. The van der Waals surface area contributed by atoms with Gasteiger partial charge in [0.05, 0.1) is 17.5 Å². The highest BCUT2D eigenvalue weighted by atomic mass is 32.2. The highest BCUT2D eigenvalue weighted by Gasteiger charge is 2.37. The van der Waals surface area contributed by atoms with Crippen molar-refractivity contribution in [2.75, 3.05) is 43.9 Å². The summed E-state index contributed by atoms with van der Waals surface area (Å²) in [6.45, 7) is 5.26. The van der Waals surface area contributed by atoms with E-state index in [1.807, 2.05) is 0 Å². The number of cyclic esters (lactones) is 1. The van der Waals surface area contributed by atoms with Crippen molar-refractivity contribution in [3.63, 3.8) is 0 Å². The molecule has 0 N–H and O–H groups in total. The molecule has 1 aromatic carbocycles. The summed E-state index contributed by atoms with van der Waals surface area (Å²) in [5.74, 6) is -0.994. The summed E-state index contributed by atoms with van der Waals surface area (Å²) in [6.07, 6.45) is 4.46. The lowest BCUT2D eigenvalue weighted by Crippen LogP contribution is -2.48. The second-order valence-electron chi connectivity index (χ2n) is 8.78. The van der Waals surface area contributed by atoms with Gasteiger partial charge in [0, 0.05) is 42.9 Å². The largest absolute Gasteiger partial charge is 0.457 e. The van der Waals surface area contributed by atoms with Gasteiger partial charge < -0.3 is 9.64 Å². The molecule has 0 spiro atoms. The summed E-state index contributed by atoms with van der Waals surface area (Å²) in [7, 11) is -3.12. The average molecular weight is 476 g/mol. The molecule has 10 heteroatoms. The molecule has 1 fully saturated rings. The van der Waals surface area contributed by atoms with Gasteiger partial charge in [-0.1, -0.05) is 6.42 Å². The molecule has 0 aliphatic carbocycles. The number of piperazine rings is 1. The molecule has 0 bridgehead atoms. The lowest BCUT2D eigenvalue weighted by molar-refractivity contribution is -0.120. The quantitative estimate of drug-likeness (QED) is 0.320. The number of hydrogen-bond donors (Lipinski definition) is 0. The van der Waals surface area contributed by atoms with E-state index < -0.39 is 10.0 Å². The van der Waals surface area contributed by atoms with Gasteiger partial charge in [-0.2, -0.15) is 4.31 Å². The Hall–Kier alpha value is -2.56. The number of fused-ring (bicyclic) bond motifs is 1. The van der Waals surface area contributed by atoms with Gasteiger partial charge in [0.1, 0.15) is 6.61 Å². The van der Waals surface area contributed by atoms with E-state index in [2.05, 4.69) is 4.90 Å². The molecule has 0 atom stereocenters. The molecule has 0 radical (unpaired) electrons. The normalized spacial score (nSPS) is 20.1. The Bertz CT molecular complexity index is 1120. The predicted octanol–water partition coefficient (Wildman–Crippen LogP) is 1.68. The fourth-order valence-electron chi connectivity index (χ4n) is 4.57. The van der Waals surface area contributed by atoms with E-state index in [9.17, 15) is 22.8 Å². The van der Waals surface area contributed by atoms with Crippen LogP contribution in [0.15, 0.2) is 29.3 Å². The number of sulfonamides is 1. The van der Waals surface area contributed by atoms with Crippen molar-refractivity contribution >= 4 is 33.5 Å². The van der Waals surface area contributed by atoms with E-state index in [1.165, 1.54) is 15.5 Å². The third kappa shape index (κ3) is 4.87. The highest BCUT2D eigenvalue weighted by molar-refractivity contribution is 7.88. The number of unbranched alkanes of at least 4 members (excludes halogenated alkanes) is 2. The number of nitrogens with zero attached hydrogens (tertiary/aromatic N) is 3.